The zero-order valence-corrected chi connectivity index (χ0v) is 10.2. The maximum absolute atomic E-state index is 10.8. The molecule has 1 rings (SSSR count). The molecule has 1 amide bonds. The summed E-state index contributed by atoms with van der Waals surface area (Å²) in [6, 6.07) is 2.92. The molecule has 2 N–H and O–H groups in total. The van der Waals surface area contributed by atoms with Crippen molar-refractivity contribution in [1.82, 2.24) is 10.3 Å². The molecular formula is C11H14N2O3S. The van der Waals surface area contributed by atoms with Crippen LogP contribution < -0.4 is 5.32 Å². The van der Waals surface area contributed by atoms with Crippen molar-refractivity contribution in [3.8, 4) is 0 Å². The van der Waals surface area contributed by atoms with Crippen molar-refractivity contribution in [1.29, 1.82) is 0 Å². The quantitative estimate of drug-likeness (QED) is 0.788. The first-order valence-electron chi connectivity index (χ1n) is 5.06. The molecule has 6 heteroatoms. The zero-order valence-electron chi connectivity index (χ0n) is 9.42. The van der Waals surface area contributed by atoms with Crippen molar-refractivity contribution in [3.05, 3.63) is 30.1 Å². The summed E-state index contributed by atoms with van der Waals surface area (Å²) in [4.78, 5) is 25.5. The summed E-state index contributed by atoms with van der Waals surface area (Å²) in [5.74, 6) is -0.298. The second-order valence-electron chi connectivity index (χ2n) is 3.46. The lowest BCUT2D eigenvalue weighted by molar-refractivity contribution is -0.140. The number of carboxylic acid groups (broad SMARTS) is 1. The molecule has 0 fully saturated rings. The molecule has 0 aromatic carbocycles. The summed E-state index contributed by atoms with van der Waals surface area (Å²) < 4.78 is 0. The van der Waals surface area contributed by atoms with Crippen molar-refractivity contribution in [2.24, 2.45) is 0 Å². The van der Waals surface area contributed by atoms with E-state index >= 15 is 0 Å². The summed E-state index contributed by atoms with van der Waals surface area (Å²) in [5, 5.41) is 11.3. The highest BCUT2D eigenvalue weighted by Crippen LogP contribution is 2.12. The highest BCUT2D eigenvalue weighted by atomic mass is 32.2. The molecule has 0 spiro atoms. The van der Waals surface area contributed by atoms with E-state index in [1.807, 2.05) is 12.1 Å². The second-order valence-corrected chi connectivity index (χ2v) is 4.49. The Morgan fingerprint density at radius 2 is 2.12 bits per heavy atom. The predicted molar refractivity (Wildman–Crippen MR) is 65.6 cm³/mol. The molecule has 0 saturated carbocycles. The van der Waals surface area contributed by atoms with Crippen molar-refractivity contribution in [2.45, 2.75) is 18.7 Å². The molecule has 0 bridgehead atoms. The van der Waals surface area contributed by atoms with Crippen LogP contribution in [0.5, 0.6) is 0 Å². The lowest BCUT2D eigenvalue weighted by atomic mass is 10.3. The standard InChI is InChI=1S/C11H14N2O3S/c1-8(14)13-10(11(15)16)7-17-6-9-2-4-12-5-3-9/h2-5,10H,6-7H2,1H3,(H,13,14)(H,15,16)/t10-/m0/s1. The number of aliphatic carboxylic acids is 1. The first kappa shape index (κ1) is 13.5. The third-order valence-electron chi connectivity index (χ3n) is 1.98. The van der Waals surface area contributed by atoms with Gasteiger partial charge in [0.05, 0.1) is 0 Å². The van der Waals surface area contributed by atoms with Crippen LogP contribution >= 0.6 is 11.8 Å². The maximum atomic E-state index is 10.8. The van der Waals surface area contributed by atoms with E-state index in [2.05, 4.69) is 10.3 Å². The van der Waals surface area contributed by atoms with Crippen molar-refractivity contribution in [2.75, 3.05) is 5.75 Å². The number of hydrogen-bond acceptors (Lipinski definition) is 4. The zero-order chi connectivity index (χ0) is 12.7. The van der Waals surface area contributed by atoms with E-state index < -0.39 is 12.0 Å². The number of carbonyl (C=O) groups is 2. The molecule has 1 aromatic rings. The number of rotatable bonds is 6. The number of pyridine rings is 1. The number of carboxylic acids is 1. The highest BCUT2D eigenvalue weighted by Gasteiger charge is 2.17. The summed E-state index contributed by atoms with van der Waals surface area (Å²) >= 11 is 1.46. The van der Waals surface area contributed by atoms with Gasteiger partial charge in [0.1, 0.15) is 6.04 Å². The molecule has 0 saturated heterocycles. The van der Waals surface area contributed by atoms with Crippen LogP contribution in [-0.4, -0.2) is 33.8 Å². The fraction of sp³-hybridized carbons (Fsp3) is 0.364. The van der Waals surface area contributed by atoms with Gasteiger partial charge in [-0.25, -0.2) is 4.79 Å². The average molecular weight is 254 g/mol. The van der Waals surface area contributed by atoms with E-state index in [0.29, 0.717) is 11.5 Å². The van der Waals surface area contributed by atoms with Gasteiger partial charge in [-0.05, 0) is 17.7 Å². The van der Waals surface area contributed by atoms with Gasteiger partial charge < -0.3 is 10.4 Å². The molecule has 0 aliphatic heterocycles. The molecule has 0 radical (unpaired) electrons. The van der Waals surface area contributed by atoms with Crippen molar-refractivity contribution >= 4 is 23.6 Å². The first-order valence-corrected chi connectivity index (χ1v) is 6.21. The molecule has 92 valence electrons. The molecule has 0 aliphatic carbocycles. The van der Waals surface area contributed by atoms with Crippen LogP contribution in [0.4, 0.5) is 0 Å². The number of hydrogen-bond donors (Lipinski definition) is 2. The van der Waals surface area contributed by atoms with E-state index in [4.69, 9.17) is 5.11 Å². The van der Waals surface area contributed by atoms with Crippen LogP contribution in [0, 0.1) is 0 Å². The van der Waals surface area contributed by atoms with Crippen LogP contribution in [0.3, 0.4) is 0 Å². The lowest BCUT2D eigenvalue weighted by Crippen LogP contribution is -2.41. The number of aromatic nitrogens is 1. The minimum absolute atomic E-state index is 0.332. The van der Waals surface area contributed by atoms with Gasteiger partial charge in [-0.2, -0.15) is 11.8 Å². The van der Waals surface area contributed by atoms with Gasteiger partial charge >= 0.3 is 5.97 Å². The number of carbonyl (C=O) groups excluding carboxylic acids is 1. The van der Waals surface area contributed by atoms with Gasteiger partial charge in [-0.15, -0.1) is 0 Å². The topological polar surface area (TPSA) is 79.3 Å². The molecule has 1 aromatic heterocycles. The number of amides is 1. The molecular weight excluding hydrogens is 240 g/mol. The Labute approximate surface area is 104 Å². The third-order valence-corrected chi connectivity index (χ3v) is 3.08. The van der Waals surface area contributed by atoms with E-state index in [1.165, 1.54) is 18.7 Å². The second kappa shape index (κ2) is 6.90. The molecule has 5 nitrogen and oxygen atoms in total. The Morgan fingerprint density at radius 3 is 2.65 bits per heavy atom. The van der Waals surface area contributed by atoms with Crippen LogP contribution in [0.2, 0.25) is 0 Å². The predicted octanol–water partition coefficient (Wildman–Crippen LogP) is 0.904. The van der Waals surface area contributed by atoms with Crippen molar-refractivity contribution in [3.63, 3.8) is 0 Å². The molecule has 1 atom stereocenters. The summed E-state index contributed by atoms with van der Waals surface area (Å²) in [6.45, 7) is 1.31. The fourth-order valence-corrected chi connectivity index (χ4v) is 2.20. The smallest absolute Gasteiger partial charge is 0.327 e. The average Bonchev–Trinajstić information content (AvgIpc) is 2.28. The van der Waals surface area contributed by atoms with E-state index in [1.54, 1.807) is 12.4 Å². The summed E-state index contributed by atoms with van der Waals surface area (Å²) in [6.07, 6.45) is 3.39. The minimum atomic E-state index is -1.01. The SMILES string of the molecule is CC(=O)N[C@@H](CSCc1ccncc1)C(=O)O. The molecule has 17 heavy (non-hydrogen) atoms. The van der Waals surface area contributed by atoms with Crippen LogP contribution in [0.25, 0.3) is 0 Å². The van der Waals surface area contributed by atoms with Crippen LogP contribution in [-0.2, 0) is 15.3 Å². The van der Waals surface area contributed by atoms with E-state index in [9.17, 15) is 9.59 Å². The van der Waals surface area contributed by atoms with Gasteiger partial charge in [0.2, 0.25) is 5.91 Å². The Bertz CT molecular complexity index is 384. The van der Waals surface area contributed by atoms with E-state index in [0.717, 1.165) is 5.56 Å². The molecule has 0 aliphatic rings. The van der Waals surface area contributed by atoms with E-state index in [-0.39, 0.29) is 5.91 Å². The number of nitrogens with one attached hydrogen (secondary N) is 1. The van der Waals surface area contributed by atoms with Crippen LogP contribution in [0.15, 0.2) is 24.5 Å². The normalized spacial score (nSPS) is 11.8. The van der Waals surface area contributed by atoms with Gasteiger partial charge in [-0.1, -0.05) is 0 Å². The minimum Gasteiger partial charge on any atom is -0.480 e. The fourth-order valence-electron chi connectivity index (χ4n) is 1.19. The maximum Gasteiger partial charge on any atom is 0.327 e. The number of thioether (sulfide) groups is 1. The van der Waals surface area contributed by atoms with Gasteiger partial charge in [0, 0.05) is 30.8 Å². The number of nitrogens with zero attached hydrogens (tertiary/aromatic N) is 1. The monoisotopic (exact) mass is 254 g/mol. The molecule has 1 heterocycles. The molecule has 0 unspecified atom stereocenters. The Balaban J connectivity index is 2.37. The van der Waals surface area contributed by atoms with Gasteiger partial charge in [-0.3, -0.25) is 9.78 Å². The van der Waals surface area contributed by atoms with Gasteiger partial charge in [0.25, 0.3) is 0 Å². The van der Waals surface area contributed by atoms with Gasteiger partial charge in [0.15, 0.2) is 0 Å². The van der Waals surface area contributed by atoms with Crippen molar-refractivity contribution < 1.29 is 14.7 Å². The summed E-state index contributed by atoms with van der Waals surface area (Å²) in [5.41, 5.74) is 1.08. The third kappa shape index (κ3) is 5.35. The Morgan fingerprint density at radius 1 is 1.47 bits per heavy atom. The Kier molecular flexibility index (Phi) is 5.48. The largest absolute Gasteiger partial charge is 0.480 e. The lowest BCUT2D eigenvalue weighted by Gasteiger charge is -2.12. The first-order chi connectivity index (χ1) is 8.09. The Hall–Kier alpha value is -1.56. The highest BCUT2D eigenvalue weighted by molar-refractivity contribution is 7.98. The van der Waals surface area contributed by atoms with Crippen LogP contribution in [0.1, 0.15) is 12.5 Å². The summed E-state index contributed by atoms with van der Waals surface area (Å²) in [7, 11) is 0.